The van der Waals surface area contributed by atoms with E-state index < -0.39 is 5.91 Å². The minimum Gasteiger partial charge on any atom is -0.483 e. The zero-order valence-corrected chi connectivity index (χ0v) is 15.8. The van der Waals surface area contributed by atoms with Crippen LogP contribution >= 0.6 is 15.9 Å². The first-order valence-corrected chi connectivity index (χ1v) is 8.90. The molecule has 3 N–H and O–H groups in total. The van der Waals surface area contributed by atoms with Gasteiger partial charge in [-0.2, -0.15) is 5.10 Å². The summed E-state index contributed by atoms with van der Waals surface area (Å²) in [4.78, 5) is 23.6. The van der Waals surface area contributed by atoms with Crippen molar-refractivity contribution in [2.24, 2.45) is 5.73 Å². The minimum atomic E-state index is -0.613. The largest absolute Gasteiger partial charge is 0.483 e. The Balaban J connectivity index is 1.75. The summed E-state index contributed by atoms with van der Waals surface area (Å²) in [6, 6.07) is 16.2. The average Bonchev–Trinajstić information content (AvgIpc) is 3.08. The van der Waals surface area contributed by atoms with Gasteiger partial charge in [0.25, 0.3) is 11.8 Å². The highest BCUT2D eigenvalue weighted by Gasteiger charge is 2.15. The van der Waals surface area contributed by atoms with Crippen molar-refractivity contribution in [1.82, 2.24) is 9.78 Å². The highest BCUT2D eigenvalue weighted by molar-refractivity contribution is 9.10. The van der Waals surface area contributed by atoms with Gasteiger partial charge in [0.15, 0.2) is 6.61 Å². The number of ether oxygens (including phenoxy) is 1. The Morgan fingerprint density at radius 3 is 2.59 bits per heavy atom. The fourth-order valence-electron chi connectivity index (χ4n) is 2.44. The van der Waals surface area contributed by atoms with E-state index in [1.54, 1.807) is 41.2 Å². The number of carbonyl (C=O) groups is 2. The number of hydrogen-bond donors (Lipinski definition) is 2. The summed E-state index contributed by atoms with van der Waals surface area (Å²) >= 11 is 3.40. The molecule has 0 fully saturated rings. The Bertz CT molecular complexity index is 954. The van der Waals surface area contributed by atoms with Crippen molar-refractivity contribution in [3.05, 3.63) is 76.4 Å². The molecule has 27 heavy (non-hydrogen) atoms. The Hall–Kier alpha value is -3.13. The first kappa shape index (κ1) is 18.7. The van der Waals surface area contributed by atoms with E-state index in [1.807, 2.05) is 24.3 Å². The molecule has 1 heterocycles. The van der Waals surface area contributed by atoms with Crippen LogP contribution in [0.1, 0.15) is 15.9 Å². The van der Waals surface area contributed by atoms with Crippen LogP contribution in [-0.2, 0) is 11.3 Å². The van der Waals surface area contributed by atoms with Crippen molar-refractivity contribution in [3.63, 3.8) is 0 Å². The van der Waals surface area contributed by atoms with Gasteiger partial charge >= 0.3 is 0 Å². The molecule has 0 saturated carbocycles. The number of rotatable bonds is 7. The van der Waals surface area contributed by atoms with E-state index in [1.165, 1.54) is 0 Å². The molecular weight excluding hydrogens is 412 g/mol. The van der Waals surface area contributed by atoms with Gasteiger partial charge in [0.1, 0.15) is 11.6 Å². The number of halogens is 1. The third-order valence-electron chi connectivity index (χ3n) is 3.71. The molecule has 0 bridgehead atoms. The third kappa shape index (κ3) is 4.95. The summed E-state index contributed by atoms with van der Waals surface area (Å²) in [6.07, 6.45) is 1.62. The van der Waals surface area contributed by atoms with E-state index in [0.717, 1.165) is 10.0 Å². The molecule has 0 atom stereocenters. The zero-order chi connectivity index (χ0) is 19.2. The molecule has 0 spiro atoms. The molecule has 0 aliphatic carbocycles. The van der Waals surface area contributed by atoms with Crippen molar-refractivity contribution in [3.8, 4) is 5.75 Å². The molecule has 0 aliphatic heterocycles. The molecule has 138 valence electrons. The number of amides is 2. The maximum atomic E-state index is 12.7. The summed E-state index contributed by atoms with van der Waals surface area (Å²) in [6.45, 7) is 0.210. The lowest BCUT2D eigenvalue weighted by molar-refractivity contribution is -0.119. The van der Waals surface area contributed by atoms with E-state index in [-0.39, 0.29) is 18.3 Å². The molecule has 3 rings (SSSR count). The topological polar surface area (TPSA) is 99.2 Å². The van der Waals surface area contributed by atoms with E-state index >= 15 is 0 Å². The van der Waals surface area contributed by atoms with Crippen LogP contribution in [0.15, 0.2) is 65.3 Å². The van der Waals surface area contributed by atoms with Crippen LogP contribution in [0.4, 0.5) is 5.82 Å². The Morgan fingerprint density at radius 2 is 1.85 bits per heavy atom. The van der Waals surface area contributed by atoms with Gasteiger partial charge < -0.3 is 15.8 Å². The number of nitrogens with one attached hydrogen (secondary N) is 1. The fraction of sp³-hybridized carbons (Fsp3) is 0.105. The fourth-order valence-corrected chi connectivity index (χ4v) is 2.70. The van der Waals surface area contributed by atoms with Crippen molar-refractivity contribution < 1.29 is 14.3 Å². The molecule has 0 unspecified atom stereocenters. The van der Waals surface area contributed by atoms with Gasteiger partial charge in [-0.15, -0.1) is 0 Å². The van der Waals surface area contributed by atoms with Crippen LogP contribution in [-0.4, -0.2) is 28.2 Å². The standard InChI is InChI=1S/C19H17BrN4O3/c20-14-7-5-13(6-8-14)11-24-18(9-10-22-24)23-19(26)15-3-1-2-4-16(15)27-12-17(21)25/h1-10H,11-12H2,(H2,21,25)(H,23,26). The van der Waals surface area contributed by atoms with Gasteiger partial charge in [0.05, 0.1) is 18.3 Å². The summed E-state index contributed by atoms with van der Waals surface area (Å²) < 4.78 is 8.00. The number of carbonyl (C=O) groups excluding carboxylic acids is 2. The number of primary amides is 1. The van der Waals surface area contributed by atoms with E-state index in [2.05, 4.69) is 26.3 Å². The molecule has 1 aromatic heterocycles. The van der Waals surface area contributed by atoms with Crippen LogP contribution in [0, 0.1) is 0 Å². The molecule has 0 aliphatic rings. The summed E-state index contributed by atoms with van der Waals surface area (Å²) in [5, 5.41) is 7.08. The monoisotopic (exact) mass is 428 g/mol. The molecular formula is C19H17BrN4O3. The zero-order valence-electron chi connectivity index (χ0n) is 14.3. The highest BCUT2D eigenvalue weighted by Crippen LogP contribution is 2.20. The second-order valence-electron chi connectivity index (χ2n) is 5.71. The van der Waals surface area contributed by atoms with Crippen LogP contribution in [0.3, 0.4) is 0 Å². The molecule has 0 radical (unpaired) electrons. The van der Waals surface area contributed by atoms with Gasteiger partial charge in [-0.05, 0) is 29.8 Å². The average molecular weight is 429 g/mol. The van der Waals surface area contributed by atoms with Crippen molar-refractivity contribution >= 4 is 33.6 Å². The van der Waals surface area contributed by atoms with Crippen molar-refractivity contribution in [1.29, 1.82) is 0 Å². The van der Waals surface area contributed by atoms with Crippen LogP contribution < -0.4 is 15.8 Å². The summed E-state index contributed by atoms with van der Waals surface area (Å²) in [7, 11) is 0. The number of hydrogen-bond acceptors (Lipinski definition) is 4. The van der Waals surface area contributed by atoms with Gasteiger partial charge in [-0.25, -0.2) is 4.68 Å². The number of aromatic nitrogens is 2. The number of benzene rings is 2. The van der Waals surface area contributed by atoms with Crippen LogP contribution in [0.2, 0.25) is 0 Å². The van der Waals surface area contributed by atoms with E-state index in [4.69, 9.17) is 10.5 Å². The number of nitrogens with zero attached hydrogens (tertiary/aromatic N) is 2. The molecule has 2 aromatic carbocycles. The quantitative estimate of drug-likeness (QED) is 0.604. The number of anilines is 1. The van der Waals surface area contributed by atoms with E-state index in [0.29, 0.717) is 17.9 Å². The Kier molecular flexibility index (Phi) is 5.87. The van der Waals surface area contributed by atoms with Crippen LogP contribution in [0.25, 0.3) is 0 Å². The molecule has 3 aromatic rings. The Labute approximate surface area is 164 Å². The van der Waals surface area contributed by atoms with Crippen LogP contribution in [0.5, 0.6) is 5.75 Å². The molecule has 0 saturated heterocycles. The van der Waals surface area contributed by atoms with Crippen molar-refractivity contribution in [2.75, 3.05) is 11.9 Å². The summed E-state index contributed by atoms with van der Waals surface area (Å²) in [5.41, 5.74) is 6.44. The number of nitrogens with two attached hydrogens (primary N) is 1. The smallest absolute Gasteiger partial charge is 0.260 e. The second kappa shape index (κ2) is 8.50. The summed E-state index contributed by atoms with van der Waals surface area (Å²) in [5.74, 6) is -0.147. The highest BCUT2D eigenvalue weighted by atomic mass is 79.9. The maximum absolute atomic E-state index is 12.7. The normalized spacial score (nSPS) is 10.4. The third-order valence-corrected chi connectivity index (χ3v) is 4.23. The lowest BCUT2D eigenvalue weighted by Crippen LogP contribution is -2.22. The maximum Gasteiger partial charge on any atom is 0.260 e. The number of para-hydroxylation sites is 1. The van der Waals surface area contributed by atoms with Gasteiger partial charge in [-0.3, -0.25) is 9.59 Å². The first-order valence-electron chi connectivity index (χ1n) is 8.10. The predicted octanol–water partition coefficient (Wildman–Crippen LogP) is 2.81. The molecule has 2 amide bonds. The van der Waals surface area contributed by atoms with Crippen molar-refractivity contribution in [2.45, 2.75) is 6.54 Å². The van der Waals surface area contributed by atoms with Gasteiger partial charge in [0, 0.05) is 10.5 Å². The lowest BCUT2D eigenvalue weighted by atomic mass is 10.2. The predicted molar refractivity (Wildman–Crippen MR) is 105 cm³/mol. The molecule has 8 heteroatoms. The second-order valence-corrected chi connectivity index (χ2v) is 6.62. The lowest BCUT2D eigenvalue weighted by Gasteiger charge is -2.12. The minimum absolute atomic E-state index is 0.285. The first-order chi connectivity index (χ1) is 13.0. The van der Waals surface area contributed by atoms with Gasteiger partial charge in [0.2, 0.25) is 0 Å². The molecule has 7 nitrogen and oxygen atoms in total. The Morgan fingerprint density at radius 1 is 1.11 bits per heavy atom. The van der Waals surface area contributed by atoms with E-state index in [9.17, 15) is 9.59 Å². The SMILES string of the molecule is NC(=O)COc1ccccc1C(=O)Nc1ccnn1Cc1ccc(Br)cc1. The van der Waals surface area contributed by atoms with Gasteiger partial charge in [-0.1, -0.05) is 40.2 Å².